The number of ether oxygens (including phenoxy) is 2. The van der Waals surface area contributed by atoms with Crippen LogP contribution in [0.3, 0.4) is 0 Å². The lowest BCUT2D eigenvalue weighted by molar-refractivity contribution is -0.116. The average molecular weight is 370 g/mol. The zero-order valence-electron chi connectivity index (χ0n) is 16.3. The van der Waals surface area contributed by atoms with Gasteiger partial charge in [0.2, 0.25) is 5.91 Å². The molecule has 0 aliphatic rings. The molecule has 1 amide bonds. The molecule has 0 fully saturated rings. The number of hydrogen-bond donors (Lipinski definition) is 1. The van der Waals surface area contributed by atoms with Gasteiger partial charge in [0.15, 0.2) is 0 Å². The molecule has 1 N–H and O–H groups in total. The van der Waals surface area contributed by atoms with Crippen molar-refractivity contribution in [3.8, 4) is 11.5 Å². The molecule has 0 bridgehead atoms. The van der Waals surface area contributed by atoms with Gasteiger partial charge in [-0.3, -0.25) is 4.79 Å². The van der Waals surface area contributed by atoms with Crippen molar-refractivity contribution >= 4 is 16.7 Å². The second-order valence-corrected chi connectivity index (χ2v) is 6.63. The van der Waals surface area contributed by atoms with Crippen LogP contribution in [0.5, 0.6) is 11.5 Å². The number of nitrogens with one attached hydrogen (secondary N) is 1. The van der Waals surface area contributed by atoms with E-state index in [4.69, 9.17) is 9.47 Å². The Morgan fingerprint density at radius 1 is 0.926 bits per heavy atom. The zero-order valence-corrected chi connectivity index (χ0v) is 16.3. The molecule has 0 saturated heterocycles. The summed E-state index contributed by atoms with van der Waals surface area (Å²) in [6, 6.07) is 12.1. The van der Waals surface area contributed by atoms with Crippen LogP contribution >= 0.6 is 0 Å². The van der Waals surface area contributed by atoms with E-state index < -0.39 is 0 Å². The molecule has 146 valence electrons. The smallest absolute Gasteiger partial charge is 0.243 e. The highest BCUT2D eigenvalue weighted by Crippen LogP contribution is 2.25. The highest BCUT2D eigenvalue weighted by atomic mass is 16.5. The van der Waals surface area contributed by atoms with Crippen LogP contribution in [0.1, 0.15) is 45.4 Å². The molecule has 4 nitrogen and oxygen atoms in total. The molecule has 0 spiro atoms. The summed E-state index contributed by atoms with van der Waals surface area (Å²) in [5, 5.41) is 4.92. The summed E-state index contributed by atoms with van der Waals surface area (Å²) in [4.78, 5) is 11.1. The molecule has 0 unspecified atom stereocenters. The fourth-order valence-corrected chi connectivity index (χ4v) is 2.87. The van der Waals surface area contributed by atoms with Crippen LogP contribution < -0.4 is 14.8 Å². The van der Waals surface area contributed by atoms with Crippen LogP contribution in [0.25, 0.3) is 10.8 Å². The maximum atomic E-state index is 11.1. The van der Waals surface area contributed by atoms with Gasteiger partial charge in [0.25, 0.3) is 0 Å². The van der Waals surface area contributed by atoms with Crippen LogP contribution in [0, 0.1) is 0 Å². The molecule has 2 aromatic carbocycles. The van der Waals surface area contributed by atoms with Gasteiger partial charge in [0.1, 0.15) is 18.1 Å². The molecule has 2 rings (SSSR count). The predicted octanol–water partition coefficient (Wildman–Crippen LogP) is 5.26. The Balaban J connectivity index is 1.77. The van der Waals surface area contributed by atoms with Crippen molar-refractivity contribution < 1.29 is 14.3 Å². The highest BCUT2D eigenvalue weighted by molar-refractivity contribution is 5.86. The van der Waals surface area contributed by atoms with E-state index in [-0.39, 0.29) is 5.91 Å². The average Bonchev–Trinajstić information content (AvgIpc) is 2.70. The van der Waals surface area contributed by atoms with E-state index in [0.717, 1.165) is 35.3 Å². The Bertz CT molecular complexity index is 727. The van der Waals surface area contributed by atoms with Crippen LogP contribution in [0.4, 0.5) is 0 Å². The largest absolute Gasteiger partial charge is 0.494 e. The Hall–Kier alpha value is -2.49. The number of rotatable bonds is 13. The summed E-state index contributed by atoms with van der Waals surface area (Å²) in [6.45, 7) is 7.30. The van der Waals surface area contributed by atoms with Gasteiger partial charge in [-0.15, -0.1) is 0 Å². The van der Waals surface area contributed by atoms with E-state index >= 15 is 0 Å². The first kappa shape index (κ1) is 20.8. The standard InChI is InChI=1S/C23H31NO3/c1-3-5-6-7-8-9-15-26-21-12-10-20-18-22(13-11-19(20)17-21)27-16-14-24-23(25)4-2/h4,10-13,17-18H,2-3,5-9,14-16H2,1H3,(H,24,25). The van der Waals surface area contributed by atoms with Crippen molar-refractivity contribution in [2.45, 2.75) is 45.4 Å². The third-order valence-electron chi connectivity index (χ3n) is 4.41. The number of carbonyl (C=O) groups is 1. The summed E-state index contributed by atoms with van der Waals surface area (Å²) in [6.07, 6.45) is 8.85. The number of amides is 1. The van der Waals surface area contributed by atoms with Crippen molar-refractivity contribution in [2.75, 3.05) is 19.8 Å². The summed E-state index contributed by atoms with van der Waals surface area (Å²) < 4.78 is 11.6. The molecular weight excluding hydrogens is 338 g/mol. The Kier molecular flexibility index (Phi) is 9.25. The molecule has 4 heteroatoms. The Morgan fingerprint density at radius 2 is 1.52 bits per heavy atom. The van der Waals surface area contributed by atoms with Gasteiger partial charge in [-0.25, -0.2) is 0 Å². The van der Waals surface area contributed by atoms with Gasteiger partial charge >= 0.3 is 0 Å². The molecule has 27 heavy (non-hydrogen) atoms. The molecular formula is C23H31NO3. The maximum absolute atomic E-state index is 11.1. The first-order valence-corrected chi connectivity index (χ1v) is 9.92. The fourth-order valence-electron chi connectivity index (χ4n) is 2.87. The lowest BCUT2D eigenvalue weighted by Crippen LogP contribution is -2.26. The molecule has 0 aromatic heterocycles. The fraction of sp³-hybridized carbons (Fsp3) is 0.435. The number of benzene rings is 2. The Morgan fingerprint density at radius 3 is 2.15 bits per heavy atom. The van der Waals surface area contributed by atoms with E-state index in [1.807, 2.05) is 24.3 Å². The van der Waals surface area contributed by atoms with Crippen LogP contribution in [-0.4, -0.2) is 25.7 Å². The van der Waals surface area contributed by atoms with E-state index in [1.54, 1.807) is 0 Å². The molecule has 0 radical (unpaired) electrons. The molecule has 2 aromatic rings. The summed E-state index contributed by atoms with van der Waals surface area (Å²) in [5.74, 6) is 1.51. The number of fused-ring (bicyclic) bond motifs is 1. The lowest BCUT2D eigenvalue weighted by atomic mass is 10.1. The first-order chi connectivity index (χ1) is 13.2. The first-order valence-electron chi connectivity index (χ1n) is 9.92. The van der Waals surface area contributed by atoms with E-state index in [1.165, 1.54) is 38.2 Å². The van der Waals surface area contributed by atoms with Crippen molar-refractivity contribution in [3.63, 3.8) is 0 Å². The molecule has 0 saturated carbocycles. The second-order valence-electron chi connectivity index (χ2n) is 6.63. The third-order valence-corrected chi connectivity index (χ3v) is 4.41. The van der Waals surface area contributed by atoms with Crippen LogP contribution in [-0.2, 0) is 4.79 Å². The number of hydrogen-bond acceptors (Lipinski definition) is 3. The van der Waals surface area contributed by atoms with Crippen LogP contribution in [0.2, 0.25) is 0 Å². The summed E-state index contributed by atoms with van der Waals surface area (Å²) in [5.41, 5.74) is 0. The van der Waals surface area contributed by atoms with Crippen molar-refractivity contribution in [2.24, 2.45) is 0 Å². The number of unbranched alkanes of at least 4 members (excludes halogenated alkanes) is 5. The second kappa shape index (κ2) is 12.0. The topological polar surface area (TPSA) is 47.6 Å². The summed E-state index contributed by atoms with van der Waals surface area (Å²) >= 11 is 0. The van der Waals surface area contributed by atoms with Crippen molar-refractivity contribution in [1.29, 1.82) is 0 Å². The molecule has 0 aliphatic heterocycles. The van der Waals surface area contributed by atoms with Gasteiger partial charge in [-0.1, -0.05) is 57.7 Å². The monoisotopic (exact) mass is 369 g/mol. The highest BCUT2D eigenvalue weighted by Gasteiger charge is 2.01. The van der Waals surface area contributed by atoms with Gasteiger partial charge in [-0.05, 0) is 47.5 Å². The maximum Gasteiger partial charge on any atom is 0.243 e. The minimum atomic E-state index is -0.189. The van der Waals surface area contributed by atoms with Gasteiger partial charge in [0.05, 0.1) is 13.2 Å². The van der Waals surface area contributed by atoms with Crippen molar-refractivity contribution in [1.82, 2.24) is 5.32 Å². The van der Waals surface area contributed by atoms with Crippen LogP contribution in [0.15, 0.2) is 49.1 Å². The van der Waals surface area contributed by atoms with Gasteiger partial charge in [0, 0.05) is 0 Å². The van der Waals surface area contributed by atoms with E-state index in [9.17, 15) is 4.79 Å². The molecule has 0 heterocycles. The Labute approximate surface area is 162 Å². The molecule has 0 aliphatic carbocycles. The predicted molar refractivity (Wildman–Crippen MR) is 112 cm³/mol. The third kappa shape index (κ3) is 7.73. The van der Waals surface area contributed by atoms with Crippen molar-refractivity contribution in [3.05, 3.63) is 49.1 Å². The SMILES string of the molecule is C=CC(=O)NCCOc1ccc2cc(OCCCCCCCC)ccc2c1. The molecule has 0 atom stereocenters. The van der Waals surface area contributed by atoms with E-state index in [2.05, 4.69) is 31.0 Å². The van der Waals surface area contributed by atoms with Gasteiger partial charge in [-0.2, -0.15) is 0 Å². The lowest BCUT2D eigenvalue weighted by Gasteiger charge is -2.10. The minimum absolute atomic E-state index is 0.189. The normalized spacial score (nSPS) is 10.6. The summed E-state index contributed by atoms with van der Waals surface area (Å²) in [7, 11) is 0. The van der Waals surface area contributed by atoms with E-state index in [0.29, 0.717) is 13.2 Å². The number of carbonyl (C=O) groups excluding carboxylic acids is 1. The zero-order chi connectivity index (χ0) is 19.3. The quantitative estimate of drug-likeness (QED) is 0.387. The van der Waals surface area contributed by atoms with Gasteiger partial charge < -0.3 is 14.8 Å². The minimum Gasteiger partial charge on any atom is -0.494 e.